The topological polar surface area (TPSA) is 74.6 Å². The van der Waals surface area contributed by atoms with Crippen LogP contribution in [-0.4, -0.2) is 23.0 Å². The lowest BCUT2D eigenvalue weighted by molar-refractivity contribution is 0.119. The van der Waals surface area contributed by atoms with E-state index in [0.29, 0.717) is 6.42 Å². The second kappa shape index (κ2) is 6.45. The third kappa shape index (κ3) is 6.12. The maximum atomic E-state index is 10.7. The summed E-state index contributed by atoms with van der Waals surface area (Å²) in [5.74, 6) is 0. The molecule has 0 bridgehead atoms. The first-order valence-corrected chi connectivity index (χ1v) is 6.94. The average Bonchev–Trinajstić information content (AvgIpc) is 2.09. The van der Waals surface area contributed by atoms with Gasteiger partial charge in [0.05, 0.1) is 0 Å². The van der Waals surface area contributed by atoms with E-state index >= 15 is 0 Å². The molecule has 0 amide bonds. The molecule has 0 aromatic rings. The molecular weight excluding hydrogens is 216 g/mol. The van der Waals surface area contributed by atoms with Crippen molar-refractivity contribution in [1.82, 2.24) is 0 Å². The van der Waals surface area contributed by atoms with Gasteiger partial charge < -0.3 is 5.11 Å². The van der Waals surface area contributed by atoms with E-state index in [-0.39, 0.29) is 6.42 Å². The summed E-state index contributed by atoms with van der Waals surface area (Å²) in [4.78, 5) is -1.99. The third-order valence-electron chi connectivity index (χ3n) is 2.55. The van der Waals surface area contributed by atoms with E-state index in [1.54, 1.807) is 0 Å². The number of aliphatic hydroxyl groups is 1. The zero-order valence-corrected chi connectivity index (χ0v) is 10.4. The van der Waals surface area contributed by atoms with Gasteiger partial charge in [0.1, 0.15) is 0 Å². The predicted molar refractivity (Wildman–Crippen MR) is 60.2 cm³/mol. The maximum Gasteiger partial charge on any atom is 0.294 e. The Morgan fingerprint density at radius 1 is 1.07 bits per heavy atom. The van der Waals surface area contributed by atoms with Crippen molar-refractivity contribution in [3.8, 4) is 0 Å². The van der Waals surface area contributed by atoms with Gasteiger partial charge in [-0.2, -0.15) is 8.42 Å². The van der Waals surface area contributed by atoms with Crippen molar-refractivity contribution in [3.05, 3.63) is 0 Å². The summed E-state index contributed by atoms with van der Waals surface area (Å²) in [6.07, 6.45) is 6.16. The molecule has 2 N–H and O–H groups in total. The van der Waals surface area contributed by atoms with Gasteiger partial charge in [-0.25, -0.2) is 0 Å². The van der Waals surface area contributed by atoms with Crippen LogP contribution in [0.5, 0.6) is 0 Å². The minimum atomic E-state index is -4.34. The zero-order valence-electron chi connectivity index (χ0n) is 9.57. The van der Waals surface area contributed by atoms with Crippen molar-refractivity contribution < 1.29 is 18.1 Å². The van der Waals surface area contributed by atoms with Gasteiger partial charge in [-0.3, -0.25) is 4.55 Å². The van der Waals surface area contributed by atoms with Crippen LogP contribution in [0.4, 0.5) is 0 Å². The molecule has 0 aliphatic carbocycles. The molecule has 0 heterocycles. The van der Waals surface area contributed by atoms with Gasteiger partial charge in [0, 0.05) is 0 Å². The molecule has 0 spiro atoms. The highest BCUT2D eigenvalue weighted by atomic mass is 32.2. The summed E-state index contributed by atoms with van der Waals surface area (Å²) >= 11 is 0. The Kier molecular flexibility index (Phi) is 6.40. The highest BCUT2D eigenvalue weighted by molar-refractivity contribution is 7.87. The van der Waals surface area contributed by atoms with Crippen LogP contribution in [0.1, 0.15) is 58.8 Å². The average molecular weight is 238 g/mol. The van der Waals surface area contributed by atoms with Crippen LogP contribution >= 0.6 is 0 Å². The summed E-state index contributed by atoms with van der Waals surface area (Å²) in [7, 11) is -4.34. The largest absolute Gasteiger partial charge is 0.373 e. The molecule has 15 heavy (non-hydrogen) atoms. The fourth-order valence-electron chi connectivity index (χ4n) is 1.36. The fraction of sp³-hybridized carbons (Fsp3) is 1.00. The Bertz CT molecular complexity index is 257. The quantitative estimate of drug-likeness (QED) is 0.503. The third-order valence-corrected chi connectivity index (χ3v) is 3.87. The molecule has 0 rings (SSSR count). The lowest BCUT2D eigenvalue weighted by atomic mass is 10.1. The summed E-state index contributed by atoms with van der Waals surface area (Å²) in [5.41, 5.74) is 0. The number of unbranched alkanes of at least 4 members (excludes halogenated alkanes) is 5. The fourth-order valence-corrected chi connectivity index (χ4v) is 1.76. The summed E-state index contributed by atoms with van der Waals surface area (Å²) in [5, 5.41) is 9.42. The number of hydrogen-bond acceptors (Lipinski definition) is 3. The van der Waals surface area contributed by atoms with Crippen LogP contribution in [-0.2, 0) is 10.1 Å². The minimum absolute atomic E-state index is 0.0952. The molecule has 4 nitrogen and oxygen atoms in total. The minimum Gasteiger partial charge on any atom is -0.373 e. The van der Waals surface area contributed by atoms with Crippen LogP contribution in [0, 0.1) is 0 Å². The summed E-state index contributed by atoms with van der Waals surface area (Å²) in [6.45, 7) is 3.26. The first kappa shape index (κ1) is 14.9. The van der Waals surface area contributed by atoms with Gasteiger partial charge in [0.2, 0.25) is 0 Å². The van der Waals surface area contributed by atoms with Gasteiger partial charge >= 0.3 is 0 Å². The van der Waals surface area contributed by atoms with E-state index in [0.717, 1.165) is 26.2 Å². The predicted octanol–water partition coefficient (Wildman–Crippen LogP) is 2.33. The molecule has 92 valence electrons. The molecule has 1 unspecified atom stereocenters. The Hall–Kier alpha value is -0.130. The first-order valence-electron chi connectivity index (χ1n) is 5.50. The molecule has 0 saturated heterocycles. The van der Waals surface area contributed by atoms with Gasteiger partial charge in [-0.15, -0.1) is 0 Å². The van der Waals surface area contributed by atoms with Crippen molar-refractivity contribution in [3.63, 3.8) is 0 Å². The van der Waals surface area contributed by atoms with E-state index in [9.17, 15) is 13.5 Å². The SMILES string of the molecule is CCCCCCCCC(C)(O)S(=O)(=O)O. The Morgan fingerprint density at radius 3 is 2.00 bits per heavy atom. The van der Waals surface area contributed by atoms with Crippen molar-refractivity contribution in [1.29, 1.82) is 0 Å². The van der Waals surface area contributed by atoms with Gasteiger partial charge in [-0.05, 0) is 19.8 Å². The molecule has 1 atom stereocenters. The van der Waals surface area contributed by atoms with Crippen molar-refractivity contribution in [2.24, 2.45) is 0 Å². The van der Waals surface area contributed by atoms with E-state index in [1.165, 1.54) is 12.8 Å². The molecule has 0 aliphatic heterocycles. The van der Waals surface area contributed by atoms with Gasteiger partial charge in [0.15, 0.2) is 4.93 Å². The molecule has 5 heteroatoms. The lowest BCUT2D eigenvalue weighted by Gasteiger charge is -2.18. The summed E-state index contributed by atoms with van der Waals surface area (Å²) < 4.78 is 30.2. The van der Waals surface area contributed by atoms with E-state index < -0.39 is 15.1 Å². The van der Waals surface area contributed by atoms with Crippen LogP contribution < -0.4 is 0 Å². The molecule has 0 aliphatic rings. The van der Waals surface area contributed by atoms with Crippen molar-refractivity contribution in [2.75, 3.05) is 0 Å². The second-order valence-electron chi connectivity index (χ2n) is 4.17. The van der Waals surface area contributed by atoms with E-state index in [2.05, 4.69) is 6.92 Å². The molecule has 0 aromatic heterocycles. The number of hydrogen-bond donors (Lipinski definition) is 2. The summed E-state index contributed by atoms with van der Waals surface area (Å²) in [6, 6.07) is 0. The second-order valence-corrected chi connectivity index (χ2v) is 6.00. The molecular formula is C10H22O4S. The molecule has 0 saturated carbocycles. The Labute approximate surface area is 92.4 Å². The van der Waals surface area contributed by atoms with E-state index in [4.69, 9.17) is 4.55 Å². The van der Waals surface area contributed by atoms with Crippen LogP contribution in [0.25, 0.3) is 0 Å². The van der Waals surface area contributed by atoms with E-state index in [1.807, 2.05) is 0 Å². The first-order chi connectivity index (χ1) is 6.81. The monoisotopic (exact) mass is 238 g/mol. The highest BCUT2D eigenvalue weighted by Gasteiger charge is 2.34. The highest BCUT2D eigenvalue weighted by Crippen LogP contribution is 2.20. The van der Waals surface area contributed by atoms with Crippen LogP contribution in [0.2, 0.25) is 0 Å². The molecule has 0 radical (unpaired) electrons. The molecule has 0 aromatic carbocycles. The lowest BCUT2D eigenvalue weighted by Crippen LogP contribution is -2.34. The standard InChI is InChI=1S/C10H22O4S/c1-3-4-5-6-7-8-9-10(2,11)15(12,13)14/h11H,3-9H2,1-2H3,(H,12,13,14). The van der Waals surface area contributed by atoms with Gasteiger partial charge in [-0.1, -0.05) is 39.0 Å². The van der Waals surface area contributed by atoms with Gasteiger partial charge in [0.25, 0.3) is 10.1 Å². The Balaban J connectivity index is 3.68. The van der Waals surface area contributed by atoms with Crippen LogP contribution in [0.15, 0.2) is 0 Å². The van der Waals surface area contributed by atoms with Crippen LogP contribution in [0.3, 0.4) is 0 Å². The number of rotatable bonds is 8. The van der Waals surface area contributed by atoms with Crippen molar-refractivity contribution >= 4 is 10.1 Å². The Morgan fingerprint density at radius 2 is 1.53 bits per heavy atom. The molecule has 0 fully saturated rings. The smallest absolute Gasteiger partial charge is 0.294 e. The normalized spacial score (nSPS) is 16.3. The maximum absolute atomic E-state index is 10.7. The zero-order chi connectivity index (χ0) is 11.9. The van der Waals surface area contributed by atoms with Crippen molar-refractivity contribution in [2.45, 2.75) is 63.7 Å².